The van der Waals surface area contributed by atoms with Crippen LogP contribution in [-0.4, -0.2) is 75.8 Å². The fraction of sp³-hybridized carbons (Fsp3) is 0.714. The van der Waals surface area contributed by atoms with Gasteiger partial charge in [-0.3, -0.25) is 9.79 Å². The molecule has 0 bridgehead atoms. The van der Waals surface area contributed by atoms with Crippen molar-refractivity contribution >= 4 is 35.8 Å². The zero-order valence-corrected chi connectivity index (χ0v) is 20.9. The average molecular weight is 535 g/mol. The second-order valence-corrected chi connectivity index (χ2v) is 7.41. The quantitative estimate of drug-likeness (QED) is 0.175. The highest BCUT2D eigenvalue weighted by Gasteiger charge is 2.19. The molecule has 0 unspecified atom stereocenters. The van der Waals surface area contributed by atoms with E-state index in [0.29, 0.717) is 24.9 Å². The second-order valence-electron chi connectivity index (χ2n) is 7.41. The highest BCUT2D eigenvalue weighted by molar-refractivity contribution is 14.0. The van der Waals surface area contributed by atoms with E-state index in [-0.39, 0.29) is 29.9 Å². The van der Waals surface area contributed by atoms with Crippen molar-refractivity contribution in [1.29, 1.82) is 0 Å². The molecule has 0 aromatic carbocycles. The maximum absolute atomic E-state index is 12.0. The van der Waals surface area contributed by atoms with E-state index in [2.05, 4.69) is 32.8 Å². The van der Waals surface area contributed by atoms with Crippen molar-refractivity contribution in [1.82, 2.24) is 20.9 Å². The number of aryl methyl sites for hydroxylation is 1. The number of methoxy groups -OCH3 is 1. The largest absolute Gasteiger partial charge is 0.459 e. The number of guanidine groups is 1. The molecule has 1 saturated heterocycles. The minimum atomic E-state index is -0.168. The Bertz CT molecular complexity index is 630. The molecular formula is C21H38IN5O3. The summed E-state index contributed by atoms with van der Waals surface area (Å²) in [6, 6.07) is 2.24. The molecule has 172 valence electrons. The number of furan rings is 1. The van der Waals surface area contributed by atoms with Gasteiger partial charge in [-0.25, -0.2) is 0 Å². The normalized spacial score (nSPS) is 15.5. The predicted octanol–water partition coefficient (Wildman–Crippen LogP) is 2.38. The maximum atomic E-state index is 12.0. The molecule has 1 aromatic heterocycles. The van der Waals surface area contributed by atoms with Gasteiger partial charge in [-0.2, -0.15) is 0 Å². The van der Waals surface area contributed by atoms with Crippen molar-refractivity contribution in [3.05, 3.63) is 23.7 Å². The van der Waals surface area contributed by atoms with Gasteiger partial charge in [-0.1, -0.05) is 0 Å². The van der Waals surface area contributed by atoms with Crippen LogP contribution in [0, 0.1) is 6.92 Å². The lowest BCUT2D eigenvalue weighted by atomic mass is 10.1. The van der Waals surface area contributed by atoms with Crippen LogP contribution in [0.2, 0.25) is 0 Å². The van der Waals surface area contributed by atoms with Crippen LogP contribution in [0.5, 0.6) is 0 Å². The van der Waals surface area contributed by atoms with Crippen LogP contribution in [0.1, 0.15) is 48.7 Å². The summed E-state index contributed by atoms with van der Waals surface area (Å²) in [5.74, 6) is 1.08. The van der Waals surface area contributed by atoms with Gasteiger partial charge in [0.15, 0.2) is 11.7 Å². The Morgan fingerprint density at radius 3 is 2.70 bits per heavy atom. The van der Waals surface area contributed by atoms with Crippen LogP contribution in [-0.2, 0) is 4.74 Å². The Morgan fingerprint density at radius 1 is 1.30 bits per heavy atom. The van der Waals surface area contributed by atoms with E-state index in [4.69, 9.17) is 9.15 Å². The molecule has 1 amide bonds. The first-order valence-electron chi connectivity index (χ1n) is 10.7. The van der Waals surface area contributed by atoms with Gasteiger partial charge in [0.25, 0.3) is 5.91 Å². The Kier molecular flexibility index (Phi) is 13.8. The summed E-state index contributed by atoms with van der Waals surface area (Å²) in [4.78, 5) is 19.2. The number of carbonyl (C=O) groups excluding carboxylic acids is 1. The van der Waals surface area contributed by atoms with Crippen molar-refractivity contribution in [3.63, 3.8) is 0 Å². The molecule has 9 heteroatoms. The number of amides is 1. The first-order valence-corrected chi connectivity index (χ1v) is 10.7. The predicted molar refractivity (Wildman–Crippen MR) is 131 cm³/mol. The summed E-state index contributed by atoms with van der Waals surface area (Å²) in [5, 5.41) is 9.76. The average Bonchev–Trinajstić information content (AvgIpc) is 3.15. The molecule has 2 rings (SSSR count). The number of nitrogens with zero attached hydrogens (tertiary/aromatic N) is 2. The van der Waals surface area contributed by atoms with Crippen LogP contribution in [0.4, 0.5) is 0 Å². The second kappa shape index (κ2) is 15.5. The zero-order valence-electron chi connectivity index (χ0n) is 18.5. The molecule has 0 saturated carbocycles. The Hall–Kier alpha value is -1.33. The monoisotopic (exact) mass is 535 g/mol. The molecule has 0 atom stereocenters. The van der Waals surface area contributed by atoms with Gasteiger partial charge in [0.2, 0.25) is 0 Å². The lowest BCUT2D eigenvalue weighted by Crippen LogP contribution is -2.49. The fourth-order valence-corrected chi connectivity index (χ4v) is 3.40. The van der Waals surface area contributed by atoms with E-state index >= 15 is 0 Å². The fourth-order valence-electron chi connectivity index (χ4n) is 3.40. The first kappa shape index (κ1) is 26.7. The molecule has 1 aliphatic heterocycles. The summed E-state index contributed by atoms with van der Waals surface area (Å²) in [7, 11) is 1.76. The molecular weight excluding hydrogens is 497 g/mol. The van der Waals surface area contributed by atoms with E-state index in [0.717, 1.165) is 70.0 Å². The van der Waals surface area contributed by atoms with Crippen LogP contribution >= 0.6 is 24.0 Å². The van der Waals surface area contributed by atoms with Crippen molar-refractivity contribution < 1.29 is 13.9 Å². The maximum Gasteiger partial charge on any atom is 0.287 e. The minimum absolute atomic E-state index is 0. The number of likely N-dealkylation sites (tertiary alicyclic amines) is 1. The van der Waals surface area contributed by atoms with Crippen LogP contribution in [0.3, 0.4) is 0 Å². The van der Waals surface area contributed by atoms with Crippen LogP contribution in [0.15, 0.2) is 21.7 Å². The van der Waals surface area contributed by atoms with Gasteiger partial charge >= 0.3 is 0 Å². The van der Waals surface area contributed by atoms with E-state index in [9.17, 15) is 4.79 Å². The van der Waals surface area contributed by atoms with Crippen molar-refractivity contribution in [3.8, 4) is 0 Å². The number of piperidine rings is 1. The smallest absolute Gasteiger partial charge is 0.287 e. The molecule has 0 spiro atoms. The SMILES string of the molecule is CCNC(=NCCCNC(=O)c1occc1C)NC1CCN(CCCOC)CC1.I. The molecule has 0 aliphatic carbocycles. The molecule has 0 radical (unpaired) electrons. The zero-order chi connectivity index (χ0) is 20.9. The highest BCUT2D eigenvalue weighted by Crippen LogP contribution is 2.11. The van der Waals surface area contributed by atoms with Gasteiger partial charge in [0.1, 0.15) is 0 Å². The first-order chi connectivity index (χ1) is 14.1. The summed E-state index contributed by atoms with van der Waals surface area (Å²) < 4.78 is 10.3. The van der Waals surface area contributed by atoms with Gasteiger partial charge in [-0.15, -0.1) is 24.0 Å². The van der Waals surface area contributed by atoms with Gasteiger partial charge in [-0.05, 0) is 45.6 Å². The molecule has 1 fully saturated rings. The number of rotatable bonds is 11. The van der Waals surface area contributed by atoms with Gasteiger partial charge in [0, 0.05) is 64.6 Å². The molecule has 30 heavy (non-hydrogen) atoms. The number of hydrogen-bond donors (Lipinski definition) is 3. The molecule has 1 aromatic rings. The van der Waals surface area contributed by atoms with Gasteiger partial charge in [0.05, 0.1) is 6.26 Å². The van der Waals surface area contributed by atoms with Crippen molar-refractivity contribution in [2.24, 2.45) is 4.99 Å². The van der Waals surface area contributed by atoms with Crippen LogP contribution < -0.4 is 16.0 Å². The molecule has 2 heterocycles. The Balaban J connectivity index is 0.00000450. The third kappa shape index (κ3) is 9.65. The summed E-state index contributed by atoms with van der Waals surface area (Å²) in [5.41, 5.74) is 0.851. The Labute approximate surface area is 197 Å². The number of ether oxygens (including phenoxy) is 1. The summed E-state index contributed by atoms with van der Waals surface area (Å²) >= 11 is 0. The third-order valence-corrected chi connectivity index (χ3v) is 5.05. The van der Waals surface area contributed by atoms with E-state index in [1.165, 1.54) is 6.26 Å². The number of carbonyl (C=O) groups is 1. The number of nitrogens with one attached hydrogen (secondary N) is 3. The van der Waals surface area contributed by atoms with E-state index < -0.39 is 0 Å². The standard InChI is InChI=1S/C21H37N5O3.HI/c1-4-22-21(25-18-7-13-26(14-8-18)12-6-15-28-3)24-11-5-10-23-20(27)19-17(2)9-16-29-19;/h9,16,18H,4-8,10-15H2,1-3H3,(H,23,27)(H2,22,24,25);1H. The molecule has 1 aliphatic rings. The topological polar surface area (TPSA) is 91.1 Å². The molecule has 8 nitrogen and oxygen atoms in total. The number of halogens is 1. The van der Waals surface area contributed by atoms with E-state index in [1.807, 2.05) is 6.92 Å². The minimum Gasteiger partial charge on any atom is -0.459 e. The highest BCUT2D eigenvalue weighted by atomic mass is 127. The Morgan fingerprint density at radius 2 is 2.07 bits per heavy atom. The van der Waals surface area contributed by atoms with Gasteiger partial charge < -0.3 is 30.0 Å². The molecule has 3 N–H and O–H groups in total. The van der Waals surface area contributed by atoms with E-state index in [1.54, 1.807) is 13.2 Å². The van der Waals surface area contributed by atoms with Crippen molar-refractivity contribution in [2.45, 2.75) is 45.6 Å². The summed E-state index contributed by atoms with van der Waals surface area (Å²) in [6.07, 6.45) is 5.65. The third-order valence-electron chi connectivity index (χ3n) is 5.05. The number of aliphatic imine (C=N–C) groups is 1. The van der Waals surface area contributed by atoms with Crippen LogP contribution in [0.25, 0.3) is 0 Å². The lowest BCUT2D eigenvalue weighted by molar-refractivity contribution is 0.0925. The summed E-state index contributed by atoms with van der Waals surface area (Å²) in [6.45, 7) is 10.1. The lowest BCUT2D eigenvalue weighted by Gasteiger charge is -2.33. The number of hydrogen-bond acceptors (Lipinski definition) is 5. The van der Waals surface area contributed by atoms with Crippen molar-refractivity contribution in [2.75, 3.05) is 53.0 Å².